The summed E-state index contributed by atoms with van der Waals surface area (Å²) in [6, 6.07) is 10.3. The number of hydrogen-bond donors (Lipinski definition) is 2. The zero-order valence-electron chi connectivity index (χ0n) is 17.0. The summed E-state index contributed by atoms with van der Waals surface area (Å²) in [7, 11) is 1.76. The highest BCUT2D eigenvalue weighted by Gasteiger charge is 2.19. The molecule has 0 atom stereocenters. The van der Waals surface area contributed by atoms with Crippen LogP contribution in [0.5, 0.6) is 0 Å². The summed E-state index contributed by atoms with van der Waals surface area (Å²) >= 11 is 0. The lowest BCUT2D eigenvalue weighted by Gasteiger charge is -2.29. The van der Waals surface area contributed by atoms with Gasteiger partial charge in [0, 0.05) is 58.6 Å². The van der Waals surface area contributed by atoms with Gasteiger partial charge in [0.2, 0.25) is 5.91 Å². The van der Waals surface area contributed by atoms with Crippen LogP contribution in [0.3, 0.4) is 0 Å². The fourth-order valence-electron chi connectivity index (χ4n) is 3.41. The van der Waals surface area contributed by atoms with Crippen LogP contribution in [0.2, 0.25) is 0 Å². The quantitative estimate of drug-likeness (QED) is 0.248. The van der Waals surface area contributed by atoms with E-state index in [0.717, 1.165) is 57.9 Å². The number of benzene rings is 1. The average Bonchev–Trinajstić information content (AvgIpc) is 3.25. The highest BCUT2D eigenvalue weighted by molar-refractivity contribution is 14.0. The van der Waals surface area contributed by atoms with Gasteiger partial charge >= 0.3 is 0 Å². The van der Waals surface area contributed by atoms with Gasteiger partial charge in [0.05, 0.1) is 0 Å². The number of hydrogen-bond acceptors (Lipinski definition) is 3. The van der Waals surface area contributed by atoms with E-state index in [-0.39, 0.29) is 29.9 Å². The number of nitrogens with zero attached hydrogens (tertiary/aromatic N) is 4. The second-order valence-electron chi connectivity index (χ2n) is 6.99. The Balaban J connectivity index is 0.00000300. The Morgan fingerprint density at radius 1 is 1.14 bits per heavy atom. The van der Waals surface area contributed by atoms with Gasteiger partial charge in [0.1, 0.15) is 0 Å². The molecule has 0 saturated carbocycles. The maximum Gasteiger partial charge on any atom is 0.222 e. The Bertz CT molecular complexity index is 777. The van der Waals surface area contributed by atoms with Gasteiger partial charge in [-0.15, -0.1) is 24.0 Å². The lowest BCUT2D eigenvalue weighted by molar-refractivity contribution is -0.132. The maximum atomic E-state index is 12.5. The summed E-state index contributed by atoms with van der Waals surface area (Å²) in [5.74, 6) is 1.01. The third kappa shape index (κ3) is 7.34. The Morgan fingerprint density at radius 3 is 2.62 bits per heavy atom. The first-order chi connectivity index (χ1) is 13.8. The van der Waals surface area contributed by atoms with Crippen molar-refractivity contribution in [1.29, 1.82) is 0 Å². The van der Waals surface area contributed by atoms with Gasteiger partial charge in [-0.05, 0) is 36.5 Å². The molecule has 0 bridgehead atoms. The van der Waals surface area contributed by atoms with E-state index in [4.69, 9.17) is 0 Å². The third-order valence-electron chi connectivity index (χ3n) is 4.98. The molecule has 1 amide bonds. The van der Waals surface area contributed by atoms with Crippen LogP contribution in [-0.2, 0) is 24.3 Å². The summed E-state index contributed by atoms with van der Waals surface area (Å²) in [6.45, 7) is 4.00. The number of guanidine groups is 1. The van der Waals surface area contributed by atoms with Crippen LogP contribution in [0.1, 0.15) is 30.4 Å². The third-order valence-corrected chi connectivity index (χ3v) is 4.98. The summed E-state index contributed by atoms with van der Waals surface area (Å²) in [5, 5.41) is 10.8. The van der Waals surface area contributed by atoms with Crippen LogP contribution >= 0.6 is 24.0 Å². The zero-order chi connectivity index (χ0) is 19.6. The van der Waals surface area contributed by atoms with Crippen molar-refractivity contribution in [3.8, 4) is 0 Å². The number of aliphatic imine (C=N–C) groups is 1. The van der Waals surface area contributed by atoms with E-state index < -0.39 is 0 Å². The van der Waals surface area contributed by atoms with Crippen LogP contribution < -0.4 is 10.6 Å². The molecule has 0 spiro atoms. The first kappa shape index (κ1) is 23.2. The molecule has 1 aromatic heterocycles. The van der Waals surface area contributed by atoms with E-state index >= 15 is 0 Å². The van der Waals surface area contributed by atoms with Crippen LogP contribution in [0.4, 0.5) is 0 Å². The molecule has 2 aromatic rings. The normalized spacial score (nSPS) is 13.4. The molecule has 0 radical (unpaired) electrons. The van der Waals surface area contributed by atoms with Crippen molar-refractivity contribution in [3.63, 3.8) is 0 Å². The molecule has 0 fully saturated rings. The number of aromatic nitrogens is 2. The van der Waals surface area contributed by atoms with E-state index in [1.165, 1.54) is 11.1 Å². The van der Waals surface area contributed by atoms with Gasteiger partial charge in [-0.2, -0.15) is 5.10 Å². The fraction of sp³-hybridized carbons (Fsp3) is 0.476. The van der Waals surface area contributed by atoms with Crippen molar-refractivity contribution in [3.05, 3.63) is 53.9 Å². The van der Waals surface area contributed by atoms with Crippen molar-refractivity contribution in [2.75, 3.05) is 26.7 Å². The summed E-state index contributed by atoms with van der Waals surface area (Å²) < 4.78 is 1.92. The molecule has 3 rings (SSSR count). The number of halogens is 1. The Kier molecular flexibility index (Phi) is 9.96. The average molecular weight is 510 g/mol. The minimum Gasteiger partial charge on any atom is -0.356 e. The predicted octanol–water partition coefficient (Wildman–Crippen LogP) is 2.42. The van der Waals surface area contributed by atoms with Gasteiger partial charge < -0.3 is 15.5 Å². The van der Waals surface area contributed by atoms with Crippen molar-refractivity contribution in [2.24, 2.45) is 4.99 Å². The molecule has 2 N–H and O–H groups in total. The second kappa shape index (κ2) is 12.5. The molecule has 158 valence electrons. The minimum absolute atomic E-state index is 0. The summed E-state index contributed by atoms with van der Waals surface area (Å²) in [5.41, 5.74) is 2.65. The monoisotopic (exact) mass is 510 g/mol. The fourth-order valence-corrected chi connectivity index (χ4v) is 3.41. The van der Waals surface area contributed by atoms with Crippen LogP contribution in [-0.4, -0.2) is 53.2 Å². The van der Waals surface area contributed by atoms with E-state index in [0.29, 0.717) is 6.42 Å². The predicted molar refractivity (Wildman–Crippen MR) is 126 cm³/mol. The van der Waals surface area contributed by atoms with E-state index in [9.17, 15) is 4.79 Å². The number of carbonyl (C=O) groups is 1. The smallest absolute Gasteiger partial charge is 0.222 e. The van der Waals surface area contributed by atoms with Crippen LogP contribution in [0, 0.1) is 0 Å². The van der Waals surface area contributed by atoms with Crippen molar-refractivity contribution in [2.45, 2.75) is 38.8 Å². The highest BCUT2D eigenvalue weighted by Crippen LogP contribution is 2.19. The summed E-state index contributed by atoms with van der Waals surface area (Å²) in [4.78, 5) is 18.7. The topological polar surface area (TPSA) is 74.6 Å². The molecule has 0 aliphatic carbocycles. The molecule has 1 aromatic carbocycles. The minimum atomic E-state index is 0. The molecule has 7 nitrogen and oxygen atoms in total. The number of carbonyl (C=O) groups excluding carboxylic acids is 1. The number of amides is 1. The summed E-state index contributed by atoms with van der Waals surface area (Å²) in [6.07, 6.45) is 7.03. The molecular weight excluding hydrogens is 479 g/mol. The number of aryl methyl sites for hydroxylation is 1. The molecule has 0 unspecified atom stereocenters. The van der Waals surface area contributed by atoms with Crippen LogP contribution in [0.25, 0.3) is 0 Å². The Morgan fingerprint density at radius 2 is 1.90 bits per heavy atom. The number of nitrogens with one attached hydrogen (secondary N) is 2. The van der Waals surface area contributed by atoms with Crippen molar-refractivity contribution in [1.82, 2.24) is 25.3 Å². The zero-order valence-corrected chi connectivity index (χ0v) is 19.3. The Labute approximate surface area is 190 Å². The van der Waals surface area contributed by atoms with E-state index in [2.05, 4.69) is 38.9 Å². The number of fused-ring (bicyclic) bond motifs is 1. The lowest BCUT2D eigenvalue weighted by atomic mass is 9.99. The molecular formula is C21H31IN6O. The molecule has 2 heterocycles. The first-order valence-electron chi connectivity index (χ1n) is 10.0. The lowest BCUT2D eigenvalue weighted by Crippen LogP contribution is -2.39. The highest BCUT2D eigenvalue weighted by atomic mass is 127. The molecule has 0 saturated heterocycles. The molecule has 1 aliphatic rings. The molecule has 8 heteroatoms. The SMILES string of the molecule is CN=C(NCCCC(=O)N1CCc2ccccc2C1)NCCCn1cccn1.I. The Hall–Kier alpha value is -2.10. The largest absolute Gasteiger partial charge is 0.356 e. The number of rotatable bonds is 8. The van der Waals surface area contributed by atoms with Gasteiger partial charge in [-0.25, -0.2) is 0 Å². The van der Waals surface area contributed by atoms with Gasteiger partial charge in [0.25, 0.3) is 0 Å². The molecule has 1 aliphatic heterocycles. The van der Waals surface area contributed by atoms with Gasteiger partial charge in [-0.3, -0.25) is 14.5 Å². The van der Waals surface area contributed by atoms with Crippen LogP contribution in [0.15, 0.2) is 47.7 Å². The van der Waals surface area contributed by atoms with Crippen molar-refractivity contribution < 1.29 is 4.79 Å². The molecule has 29 heavy (non-hydrogen) atoms. The maximum absolute atomic E-state index is 12.5. The van der Waals surface area contributed by atoms with Gasteiger partial charge in [0.15, 0.2) is 5.96 Å². The standard InChI is InChI=1S/C21H30N6O.HI/c1-22-21(24-12-5-14-27-15-6-13-25-27)23-11-4-9-20(28)26-16-10-18-7-2-3-8-19(18)17-26;/h2-3,6-8,13,15H,4-5,9-12,14,16-17H2,1H3,(H2,22,23,24);1H. The van der Waals surface area contributed by atoms with E-state index in [1.807, 2.05) is 27.9 Å². The second-order valence-corrected chi connectivity index (χ2v) is 6.99. The van der Waals surface area contributed by atoms with Crippen molar-refractivity contribution >= 4 is 35.8 Å². The van der Waals surface area contributed by atoms with Gasteiger partial charge in [-0.1, -0.05) is 24.3 Å². The first-order valence-corrected chi connectivity index (χ1v) is 10.0. The van der Waals surface area contributed by atoms with E-state index in [1.54, 1.807) is 13.2 Å².